The molecule has 1 amide bonds. The number of aryl methyl sites for hydroxylation is 1. The average Bonchev–Trinajstić information content (AvgIpc) is 3.21. The fraction of sp³-hybridized carbons (Fsp3) is 0.308. The topological polar surface area (TPSA) is 64.9 Å². The SMILES string of the molecule is CCc1cccc(N2C(=O)C(Cc3ccccc3)N=C2N2CCN(c3ncccn3)CC2)c1. The number of guanidine groups is 1. The van der Waals surface area contributed by atoms with Crippen molar-refractivity contribution in [3.05, 3.63) is 84.2 Å². The summed E-state index contributed by atoms with van der Waals surface area (Å²) in [5.41, 5.74) is 3.22. The summed E-state index contributed by atoms with van der Waals surface area (Å²) in [7, 11) is 0. The van der Waals surface area contributed by atoms with Gasteiger partial charge in [-0.1, -0.05) is 49.4 Å². The minimum absolute atomic E-state index is 0.0379. The molecule has 1 fully saturated rings. The molecule has 0 N–H and O–H groups in total. The Balaban J connectivity index is 1.41. The standard InChI is InChI=1S/C26H28N6O/c1-2-20-10-6-11-22(18-20)32-24(33)23(19-21-8-4-3-5-9-21)29-26(32)31-16-14-30(15-17-31)25-27-12-7-13-28-25/h3-13,18,23H,2,14-17,19H2,1H3. The maximum absolute atomic E-state index is 13.6. The van der Waals surface area contributed by atoms with E-state index in [2.05, 4.69) is 51.0 Å². The second-order valence-electron chi connectivity index (χ2n) is 8.35. The molecule has 1 unspecified atom stereocenters. The van der Waals surface area contributed by atoms with E-state index in [4.69, 9.17) is 4.99 Å². The molecule has 0 radical (unpaired) electrons. The quantitative estimate of drug-likeness (QED) is 0.610. The highest BCUT2D eigenvalue weighted by molar-refractivity contribution is 6.22. The van der Waals surface area contributed by atoms with Crippen LogP contribution in [0.1, 0.15) is 18.1 Å². The molecule has 3 heterocycles. The van der Waals surface area contributed by atoms with Crippen molar-refractivity contribution >= 4 is 23.5 Å². The van der Waals surface area contributed by atoms with Crippen LogP contribution < -0.4 is 9.80 Å². The first-order valence-corrected chi connectivity index (χ1v) is 11.5. The highest BCUT2D eigenvalue weighted by Gasteiger charge is 2.39. The number of rotatable bonds is 5. The van der Waals surface area contributed by atoms with Crippen molar-refractivity contribution < 1.29 is 4.79 Å². The normalized spacial score (nSPS) is 18.6. The first-order valence-electron chi connectivity index (χ1n) is 11.5. The Labute approximate surface area is 194 Å². The van der Waals surface area contributed by atoms with Crippen molar-refractivity contribution in [2.75, 3.05) is 36.0 Å². The van der Waals surface area contributed by atoms with Gasteiger partial charge in [-0.15, -0.1) is 0 Å². The summed E-state index contributed by atoms with van der Waals surface area (Å²) in [5.74, 6) is 1.54. The van der Waals surface area contributed by atoms with E-state index in [9.17, 15) is 4.79 Å². The van der Waals surface area contributed by atoms with E-state index < -0.39 is 6.04 Å². The lowest BCUT2D eigenvalue weighted by atomic mass is 10.1. The van der Waals surface area contributed by atoms with Gasteiger partial charge in [0, 0.05) is 45.0 Å². The number of hydrogen-bond acceptors (Lipinski definition) is 6. The van der Waals surface area contributed by atoms with Gasteiger partial charge in [0.05, 0.1) is 5.69 Å². The van der Waals surface area contributed by atoms with Gasteiger partial charge in [-0.3, -0.25) is 4.79 Å². The molecule has 0 aliphatic carbocycles. The van der Waals surface area contributed by atoms with E-state index in [1.807, 2.05) is 41.3 Å². The molecule has 0 spiro atoms. The molecule has 0 bridgehead atoms. The molecule has 5 rings (SSSR count). The van der Waals surface area contributed by atoms with Crippen molar-refractivity contribution in [1.29, 1.82) is 0 Å². The fourth-order valence-electron chi connectivity index (χ4n) is 4.41. The van der Waals surface area contributed by atoms with Crippen LogP contribution in [0.4, 0.5) is 11.6 Å². The third-order valence-corrected chi connectivity index (χ3v) is 6.22. The van der Waals surface area contributed by atoms with Gasteiger partial charge in [-0.25, -0.2) is 19.9 Å². The van der Waals surface area contributed by atoms with Crippen LogP contribution in [0.5, 0.6) is 0 Å². The Kier molecular flexibility index (Phi) is 6.02. The molecule has 2 aliphatic heterocycles. The van der Waals surface area contributed by atoms with Crippen molar-refractivity contribution in [2.45, 2.75) is 25.8 Å². The van der Waals surface area contributed by atoms with Gasteiger partial charge in [0.25, 0.3) is 5.91 Å². The van der Waals surface area contributed by atoms with E-state index in [-0.39, 0.29) is 5.91 Å². The molecule has 0 saturated carbocycles. The van der Waals surface area contributed by atoms with Gasteiger partial charge < -0.3 is 9.80 Å². The molecule has 33 heavy (non-hydrogen) atoms. The Morgan fingerprint density at radius 2 is 1.55 bits per heavy atom. The number of carbonyl (C=O) groups is 1. The smallest absolute Gasteiger partial charge is 0.259 e. The number of anilines is 2. The Hall–Kier alpha value is -3.74. The monoisotopic (exact) mass is 440 g/mol. The fourth-order valence-corrected chi connectivity index (χ4v) is 4.41. The Morgan fingerprint density at radius 3 is 2.27 bits per heavy atom. The zero-order valence-electron chi connectivity index (χ0n) is 18.8. The summed E-state index contributed by atoms with van der Waals surface area (Å²) in [6, 6.07) is 19.8. The minimum atomic E-state index is -0.414. The largest absolute Gasteiger partial charge is 0.339 e. The number of amides is 1. The maximum Gasteiger partial charge on any atom is 0.259 e. The molecule has 2 aliphatic rings. The van der Waals surface area contributed by atoms with Crippen LogP contribution in [-0.4, -0.2) is 59.0 Å². The first kappa shape index (κ1) is 21.1. The molecule has 7 nitrogen and oxygen atoms in total. The van der Waals surface area contributed by atoms with Crippen LogP contribution in [0.15, 0.2) is 78.0 Å². The summed E-state index contributed by atoms with van der Waals surface area (Å²) < 4.78 is 0. The highest BCUT2D eigenvalue weighted by Crippen LogP contribution is 2.27. The zero-order chi connectivity index (χ0) is 22.6. The van der Waals surface area contributed by atoms with Gasteiger partial charge >= 0.3 is 0 Å². The Bertz CT molecular complexity index is 1130. The second kappa shape index (κ2) is 9.40. The van der Waals surface area contributed by atoms with E-state index in [1.165, 1.54) is 5.56 Å². The van der Waals surface area contributed by atoms with Gasteiger partial charge in [-0.2, -0.15) is 0 Å². The summed E-state index contributed by atoms with van der Waals surface area (Å²) in [4.78, 5) is 33.6. The maximum atomic E-state index is 13.6. The predicted octanol–water partition coefficient (Wildman–Crippen LogP) is 3.18. The molecule has 1 aromatic heterocycles. The number of piperazine rings is 1. The first-order chi connectivity index (χ1) is 16.2. The number of nitrogens with zero attached hydrogens (tertiary/aromatic N) is 6. The molecule has 3 aromatic rings. The number of benzene rings is 2. The summed E-state index contributed by atoms with van der Waals surface area (Å²) in [6.45, 7) is 5.20. The third kappa shape index (κ3) is 4.44. The van der Waals surface area contributed by atoms with Gasteiger partial charge in [0.15, 0.2) is 0 Å². The summed E-state index contributed by atoms with van der Waals surface area (Å²) in [6.07, 6.45) is 5.06. The molecular formula is C26H28N6O. The van der Waals surface area contributed by atoms with E-state index in [0.717, 1.165) is 55.8 Å². The van der Waals surface area contributed by atoms with Crippen LogP contribution in [0.3, 0.4) is 0 Å². The number of aromatic nitrogens is 2. The van der Waals surface area contributed by atoms with Crippen molar-refractivity contribution in [3.63, 3.8) is 0 Å². The van der Waals surface area contributed by atoms with Gasteiger partial charge in [0.2, 0.25) is 11.9 Å². The lowest BCUT2D eigenvalue weighted by Crippen LogP contribution is -2.53. The summed E-state index contributed by atoms with van der Waals surface area (Å²) in [5, 5.41) is 0. The predicted molar refractivity (Wildman–Crippen MR) is 130 cm³/mol. The van der Waals surface area contributed by atoms with Gasteiger partial charge in [-0.05, 0) is 35.7 Å². The molecule has 2 aromatic carbocycles. The number of hydrogen-bond donors (Lipinski definition) is 0. The van der Waals surface area contributed by atoms with Crippen LogP contribution in [0.25, 0.3) is 0 Å². The van der Waals surface area contributed by atoms with E-state index in [1.54, 1.807) is 12.4 Å². The Morgan fingerprint density at radius 1 is 0.848 bits per heavy atom. The third-order valence-electron chi connectivity index (χ3n) is 6.22. The number of carbonyl (C=O) groups excluding carboxylic acids is 1. The van der Waals surface area contributed by atoms with Crippen molar-refractivity contribution in [2.24, 2.45) is 4.99 Å². The van der Waals surface area contributed by atoms with Crippen molar-refractivity contribution in [1.82, 2.24) is 14.9 Å². The average molecular weight is 441 g/mol. The summed E-state index contributed by atoms with van der Waals surface area (Å²) >= 11 is 0. The molecule has 168 valence electrons. The minimum Gasteiger partial charge on any atom is -0.339 e. The van der Waals surface area contributed by atoms with Gasteiger partial charge in [0.1, 0.15) is 6.04 Å². The van der Waals surface area contributed by atoms with E-state index in [0.29, 0.717) is 6.42 Å². The lowest BCUT2D eigenvalue weighted by Gasteiger charge is -2.37. The highest BCUT2D eigenvalue weighted by atomic mass is 16.2. The lowest BCUT2D eigenvalue weighted by molar-refractivity contribution is -0.118. The van der Waals surface area contributed by atoms with Crippen LogP contribution in [0.2, 0.25) is 0 Å². The molecule has 1 atom stereocenters. The van der Waals surface area contributed by atoms with E-state index >= 15 is 0 Å². The number of aliphatic imine (C=N–C) groups is 1. The molecule has 1 saturated heterocycles. The van der Waals surface area contributed by atoms with Crippen LogP contribution >= 0.6 is 0 Å². The van der Waals surface area contributed by atoms with Crippen LogP contribution in [0, 0.1) is 0 Å². The molecule has 7 heteroatoms. The zero-order valence-corrected chi connectivity index (χ0v) is 18.8. The second-order valence-corrected chi connectivity index (χ2v) is 8.35. The van der Waals surface area contributed by atoms with Crippen LogP contribution in [-0.2, 0) is 17.6 Å². The van der Waals surface area contributed by atoms with Crippen molar-refractivity contribution in [3.8, 4) is 0 Å². The molecular weight excluding hydrogens is 412 g/mol.